The number of ether oxygens (including phenoxy) is 2. The number of methoxy groups -OCH3 is 1. The second kappa shape index (κ2) is 7.37. The Morgan fingerprint density at radius 1 is 1.42 bits per heavy atom. The van der Waals surface area contributed by atoms with Gasteiger partial charge in [-0.25, -0.2) is 0 Å². The molecule has 1 N–H and O–H groups in total. The Bertz CT molecular complexity index is 470. The highest BCUT2D eigenvalue weighted by molar-refractivity contribution is 9.10. The topological polar surface area (TPSA) is 62.5 Å². The van der Waals surface area contributed by atoms with Gasteiger partial charge in [0.1, 0.15) is 0 Å². The molecular formula is C14H18BrNO3. The van der Waals surface area contributed by atoms with E-state index in [1.807, 2.05) is 13.8 Å². The molecule has 104 valence electrons. The molecule has 0 saturated heterocycles. The van der Waals surface area contributed by atoms with E-state index in [0.717, 1.165) is 0 Å². The largest absolute Gasteiger partial charge is 0.492 e. The first-order chi connectivity index (χ1) is 9.08. The normalized spacial score (nSPS) is 13.5. The number of benzene rings is 1. The van der Waals surface area contributed by atoms with Gasteiger partial charge in [-0.1, -0.05) is 6.92 Å². The Balaban J connectivity index is 3.26. The Labute approximate surface area is 122 Å². The summed E-state index contributed by atoms with van der Waals surface area (Å²) >= 11 is 3.40. The van der Waals surface area contributed by atoms with E-state index in [1.165, 1.54) is 0 Å². The van der Waals surface area contributed by atoms with Crippen LogP contribution in [0.4, 0.5) is 0 Å². The van der Waals surface area contributed by atoms with Gasteiger partial charge in [0, 0.05) is 0 Å². The molecule has 1 rings (SSSR count). The van der Waals surface area contributed by atoms with E-state index in [9.17, 15) is 10.4 Å². The lowest BCUT2D eigenvalue weighted by Gasteiger charge is -2.18. The highest BCUT2D eigenvalue weighted by Crippen LogP contribution is 2.39. The van der Waals surface area contributed by atoms with Gasteiger partial charge < -0.3 is 14.6 Å². The van der Waals surface area contributed by atoms with Crippen LogP contribution in [-0.4, -0.2) is 24.9 Å². The standard InChI is InChI=1S/C14H18BrNO3/c1-4-12(17)10(8-16)9-6-11(15)14(18-3)13(7-9)19-5-2/h6-7,10,12,17H,4-5H2,1-3H3. The van der Waals surface area contributed by atoms with Gasteiger partial charge in [-0.05, 0) is 47.0 Å². The third kappa shape index (κ3) is 3.62. The molecule has 0 heterocycles. The van der Waals surface area contributed by atoms with Gasteiger partial charge in [0.2, 0.25) is 0 Å². The average Bonchev–Trinajstić information content (AvgIpc) is 2.39. The smallest absolute Gasteiger partial charge is 0.174 e. The molecule has 0 radical (unpaired) electrons. The van der Waals surface area contributed by atoms with Gasteiger partial charge in [0.25, 0.3) is 0 Å². The molecule has 1 aromatic rings. The van der Waals surface area contributed by atoms with Crippen LogP contribution < -0.4 is 9.47 Å². The fourth-order valence-corrected chi connectivity index (χ4v) is 2.47. The van der Waals surface area contributed by atoms with Crippen LogP contribution in [0.1, 0.15) is 31.7 Å². The Hall–Kier alpha value is -1.25. The molecule has 4 nitrogen and oxygen atoms in total. The van der Waals surface area contributed by atoms with E-state index in [0.29, 0.717) is 34.6 Å². The van der Waals surface area contributed by atoms with Gasteiger partial charge in [-0.3, -0.25) is 0 Å². The zero-order valence-electron chi connectivity index (χ0n) is 11.3. The monoisotopic (exact) mass is 327 g/mol. The van der Waals surface area contributed by atoms with Crippen molar-refractivity contribution in [1.82, 2.24) is 0 Å². The summed E-state index contributed by atoms with van der Waals surface area (Å²) in [5.74, 6) is 0.581. The van der Waals surface area contributed by atoms with E-state index in [4.69, 9.17) is 9.47 Å². The quantitative estimate of drug-likeness (QED) is 0.871. The fourth-order valence-electron chi connectivity index (χ4n) is 1.85. The lowest BCUT2D eigenvalue weighted by atomic mass is 9.93. The first-order valence-corrected chi connectivity index (χ1v) is 6.96. The van der Waals surface area contributed by atoms with Crippen molar-refractivity contribution in [2.75, 3.05) is 13.7 Å². The molecule has 0 fully saturated rings. The van der Waals surface area contributed by atoms with Crippen LogP contribution in [0.3, 0.4) is 0 Å². The van der Waals surface area contributed by atoms with Crippen molar-refractivity contribution in [1.29, 1.82) is 5.26 Å². The maximum absolute atomic E-state index is 9.90. The molecular weight excluding hydrogens is 310 g/mol. The SMILES string of the molecule is CCOc1cc(C(C#N)C(O)CC)cc(Br)c1OC. The van der Waals surface area contributed by atoms with Gasteiger partial charge in [-0.15, -0.1) is 0 Å². The third-order valence-corrected chi connectivity index (χ3v) is 3.43. The van der Waals surface area contributed by atoms with Gasteiger partial charge >= 0.3 is 0 Å². The number of rotatable bonds is 6. The van der Waals surface area contributed by atoms with Crippen LogP contribution >= 0.6 is 15.9 Å². The number of hydrogen-bond acceptors (Lipinski definition) is 4. The summed E-state index contributed by atoms with van der Waals surface area (Å²) in [4.78, 5) is 0. The minimum absolute atomic E-state index is 0.500. The second-order valence-corrected chi connectivity index (χ2v) is 4.90. The van der Waals surface area contributed by atoms with E-state index in [-0.39, 0.29) is 0 Å². The number of hydrogen-bond donors (Lipinski definition) is 1. The highest BCUT2D eigenvalue weighted by atomic mass is 79.9. The van der Waals surface area contributed by atoms with Crippen molar-refractivity contribution in [2.24, 2.45) is 0 Å². The molecule has 0 aliphatic rings. The summed E-state index contributed by atoms with van der Waals surface area (Å²) < 4.78 is 11.5. The summed E-state index contributed by atoms with van der Waals surface area (Å²) in [6, 6.07) is 5.67. The molecule has 5 heteroatoms. The molecule has 0 aromatic heterocycles. The summed E-state index contributed by atoms with van der Waals surface area (Å²) in [6.45, 7) is 4.22. The number of nitrogens with zero attached hydrogens (tertiary/aromatic N) is 1. The molecule has 0 saturated carbocycles. The summed E-state index contributed by atoms with van der Waals surface area (Å²) in [7, 11) is 1.56. The molecule has 19 heavy (non-hydrogen) atoms. The van der Waals surface area contributed by atoms with Crippen LogP contribution in [0.25, 0.3) is 0 Å². The van der Waals surface area contributed by atoms with Crippen LogP contribution in [0, 0.1) is 11.3 Å². The minimum Gasteiger partial charge on any atom is -0.492 e. The summed E-state index contributed by atoms with van der Waals surface area (Å²) in [5, 5.41) is 19.1. The average molecular weight is 328 g/mol. The maximum atomic E-state index is 9.90. The zero-order chi connectivity index (χ0) is 14.4. The maximum Gasteiger partial charge on any atom is 0.174 e. The zero-order valence-corrected chi connectivity index (χ0v) is 12.9. The van der Waals surface area contributed by atoms with Crippen molar-refractivity contribution in [3.8, 4) is 17.6 Å². The predicted molar refractivity (Wildman–Crippen MR) is 76.5 cm³/mol. The van der Waals surface area contributed by atoms with Gasteiger partial charge in [-0.2, -0.15) is 5.26 Å². The van der Waals surface area contributed by atoms with Crippen LogP contribution in [0.2, 0.25) is 0 Å². The van der Waals surface area contributed by atoms with Crippen molar-refractivity contribution < 1.29 is 14.6 Å². The summed E-state index contributed by atoms with van der Waals surface area (Å²) in [6.07, 6.45) is -0.175. The van der Waals surface area contributed by atoms with Crippen LogP contribution in [0.15, 0.2) is 16.6 Å². The number of nitriles is 1. The van der Waals surface area contributed by atoms with Gasteiger partial charge in [0.05, 0.1) is 36.3 Å². The number of halogens is 1. The minimum atomic E-state index is -0.695. The van der Waals surface area contributed by atoms with Crippen LogP contribution in [0.5, 0.6) is 11.5 Å². The third-order valence-electron chi connectivity index (χ3n) is 2.84. The first-order valence-electron chi connectivity index (χ1n) is 6.16. The molecule has 0 bridgehead atoms. The Morgan fingerprint density at radius 3 is 2.58 bits per heavy atom. The number of aliphatic hydroxyl groups is 1. The van der Waals surface area contributed by atoms with E-state index in [1.54, 1.807) is 19.2 Å². The van der Waals surface area contributed by atoms with Gasteiger partial charge in [0.15, 0.2) is 11.5 Å². The molecule has 2 unspecified atom stereocenters. The Kier molecular flexibility index (Phi) is 6.13. The molecule has 0 amide bonds. The molecule has 0 aliphatic carbocycles. The summed E-state index contributed by atoms with van der Waals surface area (Å²) in [5.41, 5.74) is 0.716. The lowest BCUT2D eigenvalue weighted by molar-refractivity contribution is 0.157. The molecule has 0 spiro atoms. The lowest BCUT2D eigenvalue weighted by Crippen LogP contribution is -2.16. The van der Waals surface area contributed by atoms with E-state index in [2.05, 4.69) is 22.0 Å². The fraction of sp³-hybridized carbons (Fsp3) is 0.500. The second-order valence-electron chi connectivity index (χ2n) is 4.05. The number of aliphatic hydroxyl groups excluding tert-OH is 1. The van der Waals surface area contributed by atoms with E-state index < -0.39 is 12.0 Å². The van der Waals surface area contributed by atoms with Crippen molar-refractivity contribution >= 4 is 15.9 Å². The van der Waals surface area contributed by atoms with Crippen molar-refractivity contribution in [3.05, 3.63) is 22.2 Å². The first kappa shape index (κ1) is 15.8. The van der Waals surface area contributed by atoms with E-state index >= 15 is 0 Å². The van der Waals surface area contributed by atoms with Crippen LogP contribution in [-0.2, 0) is 0 Å². The van der Waals surface area contributed by atoms with Crippen molar-refractivity contribution in [2.45, 2.75) is 32.3 Å². The Morgan fingerprint density at radius 2 is 2.11 bits per heavy atom. The molecule has 2 atom stereocenters. The van der Waals surface area contributed by atoms with Crippen molar-refractivity contribution in [3.63, 3.8) is 0 Å². The molecule has 0 aliphatic heterocycles. The predicted octanol–water partition coefficient (Wildman–Crippen LogP) is 3.23. The highest BCUT2D eigenvalue weighted by Gasteiger charge is 2.22. The molecule has 1 aromatic carbocycles.